The molecule has 0 aliphatic carbocycles. The van der Waals surface area contributed by atoms with E-state index in [2.05, 4.69) is 16.2 Å². The molecular formula is C17H17N5O5S. The summed E-state index contributed by atoms with van der Waals surface area (Å²) in [6.07, 6.45) is 3.16. The van der Waals surface area contributed by atoms with E-state index in [1.807, 2.05) is 37.3 Å². The number of aromatic nitrogens is 3. The van der Waals surface area contributed by atoms with E-state index in [0.717, 1.165) is 16.9 Å². The highest BCUT2D eigenvalue weighted by molar-refractivity contribution is 7.79. The number of carbonyl (C=O) groups is 1. The van der Waals surface area contributed by atoms with Gasteiger partial charge >= 0.3 is 10.4 Å². The maximum Gasteiger partial charge on any atom is 0.394 e. The Bertz CT molecular complexity index is 1140. The molecule has 11 heteroatoms. The largest absolute Gasteiger partial charge is 0.394 e. The number of rotatable bonds is 3. The van der Waals surface area contributed by atoms with Crippen LogP contribution >= 0.6 is 0 Å². The van der Waals surface area contributed by atoms with Crippen LogP contribution in [0, 0.1) is 11.3 Å². The van der Waals surface area contributed by atoms with Gasteiger partial charge in [0.1, 0.15) is 11.6 Å². The Morgan fingerprint density at radius 1 is 1.32 bits per heavy atom. The van der Waals surface area contributed by atoms with E-state index in [1.165, 1.54) is 6.20 Å². The molecule has 0 fully saturated rings. The second-order valence-corrected chi connectivity index (χ2v) is 6.39. The number of hydrogen-bond acceptors (Lipinski definition) is 6. The van der Waals surface area contributed by atoms with Crippen molar-refractivity contribution in [1.82, 2.24) is 14.6 Å². The van der Waals surface area contributed by atoms with Gasteiger partial charge in [0.05, 0.1) is 11.9 Å². The van der Waals surface area contributed by atoms with E-state index in [0.29, 0.717) is 17.8 Å². The fraction of sp³-hybridized carbons (Fsp3) is 0.176. The minimum Gasteiger partial charge on any atom is -0.313 e. The lowest BCUT2D eigenvalue weighted by molar-refractivity contribution is -0.116. The normalized spacial score (nSPS) is 10.7. The first kappa shape index (κ1) is 21.0. The third kappa shape index (κ3) is 5.10. The van der Waals surface area contributed by atoms with Gasteiger partial charge in [0.15, 0.2) is 5.65 Å². The van der Waals surface area contributed by atoms with Crippen LogP contribution < -0.4 is 4.90 Å². The van der Waals surface area contributed by atoms with Crippen LogP contribution in [0.25, 0.3) is 16.9 Å². The summed E-state index contributed by atoms with van der Waals surface area (Å²) in [6, 6.07) is 11.6. The number of nitrogens with zero attached hydrogens (tertiary/aromatic N) is 5. The summed E-state index contributed by atoms with van der Waals surface area (Å²) >= 11 is 0. The molecule has 0 aliphatic heterocycles. The molecule has 0 spiro atoms. The van der Waals surface area contributed by atoms with Crippen LogP contribution in [0.15, 0.2) is 42.7 Å². The zero-order chi connectivity index (χ0) is 20.9. The van der Waals surface area contributed by atoms with Gasteiger partial charge in [0.25, 0.3) is 0 Å². The third-order valence-corrected chi connectivity index (χ3v) is 3.67. The van der Waals surface area contributed by atoms with Crippen molar-refractivity contribution in [2.24, 2.45) is 0 Å². The Kier molecular flexibility index (Phi) is 6.42. The van der Waals surface area contributed by atoms with Crippen LogP contribution in [-0.4, -0.2) is 44.6 Å². The number of carbonyl (C=O) groups excluding carboxylic acids is 1. The summed E-state index contributed by atoms with van der Waals surface area (Å²) < 4.78 is 33.2. The SMILES string of the molecule is CCN(C(C)=O)c1cccc(-c2ccnc3c(C#N)cnn23)c1.O=S(=O)(O)O. The fourth-order valence-corrected chi connectivity index (χ4v) is 2.61. The number of fused-ring (bicyclic) bond motifs is 1. The highest BCUT2D eigenvalue weighted by atomic mass is 32.3. The lowest BCUT2D eigenvalue weighted by Gasteiger charge is -2.19. The topological polar surface area (TPSA) is 149 Å². The number of hydrogen-bond donors (Lipinski definition) is 2. The molecule has 0 atom stereocenters. The number of anilines is 1. The molecule has 2 heterocycles. The summed E-state index contributed by atoms with van der Waals surface area (Å²) in [6.45, 7) is 4.09. The van der Waals surface area contributed by atoms with Crippen LogP contribution in [0.5, 0.6) is 0 Å². The van der Waals surface area contributed by atoms with E-state index in [4.69, 9.17) is 22.8 Å². The lowest BCUT2D eigenvalue weighted by Crippen LogP contribution is -2.27. The maximum atomic E-state index is 11.7. The zero-order valence-corrected chi connectivity index (χ0v) is 15.8. The minimum atomic E-state index is -4.67. The molecule has 0 unspecified atom stereocenters. The highest BCUT2D eigenvalue weighted by Gasteiger charge is 2.13. The smallest absolute Gasteiger partial charge is 0.313 e. The van der Waals surface area contributed by atoms with Crippen molar-refractivity contribution in [2.45, 2.75) is 13.8 Å². The number of benzene rings is 1. The van der Waals surface area contributed by atoms with Crippen LogP contribution in [0.4, 0.5) is 5.69 Å². The molecule has 0 saturated heterocycles. The minimum absolute atomic E-state index is 0.00428. The van der Waals surface area contributed by atoms with Gasteiger partial charge in [-0.05, 0) is 25.1 Å². The Morgan fingerprint density at radius 2 is 2.00 bits per heavy atom. The molecule has 0 saturated carbocycles. The molecule has 0 radical (unpaired) electrons. The average Bonchev–Trinajstić information content (AvgIpc) is 3.04. The molecule has 0 aliphatic rings. The van der Waals surface area contributed by atoms with Crippen molar-refractivity contribution in [2.75, 3.05) is 11.4 Å². The Morgan fingerprint density at radius 3 is 2.57 bits per heavy atom. The van der Waals surface area contributed by atoms with Crippen LogP contribution in [0.2, 0.25) is 0 Å². The molecule has 3 rings (SSSR count). The van der Waals surface area contributed by atoms with E-state index in [9.17, 15) is 4.79 Å². The van der Waals surface area contributed by atoms with Gasteiger partial charge < -0.3 is 4.90 Å². The van der Waals surface area contributed by atoms with Crippen molar-refractivity contribution in [1.29, 1.82) is 5.26 Å². The first-order valence-corrected chi connectivity index (χ1v) is 9.36. The van der Waals surface area contributed by atoms with E-state index in [1.54, 1.807) is 22.5 Å². The molecule has 10 nitrogen and oxygen atoms in total. The van der Waals surface area contributed by atoms with Crippen molar-refractivity contribution in [3.05, 3.63) is 48.3 Å². The number of amides is 1. The monoisotopic (exact) mass is 403 g/mol. The Labute approximate surface area is 161 Å². The first-order chi connectivity index (χ1) is 13.2. The molecule has 28 heavy (non-hydrogen) atoms. The van der Waals surface area contributed by atoms with Gasteiger partial charge in [-0.15, -0.1) is 0 Å². The first-order valence-electron chi connectivity index (χ1n) is 7.97. The van der Waals surface area contributed by atoms with Crippen LogP contribution in [0.3, 0.4) is 0 Å². The molecular weight excluding hydrogens is 386 g/mol. The zero-order valence-electron chi connectivity index (χ0n) is 15.0. The van der Waals surface area contributed by atoms with Gasteiger partial charge in [-0.1, -0.05) is 12.1 Å². The molecule has 2 aromatic heterocycles. The summed E-state index contributed by atoms with van der Waals surface area (Å²) in [5.41, 5.74) is 3.51. The molecule has 1 aromatic carbocycles. The highest BCUT2D eigenvalue weighted by Crippen LogP contribution is 2.25. The van der Waals surface area contributed by atoms with Crippen molar-refractivity contribution < 1.29 is 22.3 Å². The lowest BCUT2D eigenvalue weighted by atomic mass is 10.1. The predicted molar refractivity (Wildman–Crippen MR) is 101 cm³/mol. The van der Waals surface area contributed by atoms with Crippen molar-refractivity contribution >= 4 is 27.6 Å². The second-order valence-electron chi connectivity index (χ2n) is 5.50. The third-order valence-electron chi connectivity index (χ3n) is 3.67. The maximum absolute atomic E-state index is 11.7. The van der Waals surface area contributed by atoms with Gasteiger partial charge in [0, 0.05) is 30.9 Å². The summed E-state index contributed by atoms with van der Waals surface area (Å²) in [7, 11) is -4.67. The molecule has 2 N–H and O–H groups in total. The Hall–Kier alpha value is -3.33. The molecule has 1 amide bonds. The van der Waals surface area contributed by atoms with Crippen LogP contribution in [-0.2, 0) is 15.2 Å². The molecule has 3 aromatic rings. The van der Waals surface area contributed by atoms with Crippen LogP contribution in [0.1, 0.15) is 19.4 Å². The van der Waals surface area contributed by atoms with Gasteiger partial charge in [-0.2, -0.15) is 18.8 Å². The Balaban J connectivity index is 0.000000500. The van der Waals surface area contributed by atoms with Gasteiger partial charge in [-0.3, -0.25) is 13.9 Å². The number of nitriles is 1. The standard InChI is InChI=1S/C17H15N5O.H2O4S/c1-3-21(12(2)23)15-6-4-5-13(9-15)16-7-8-19-17-14(10-18)11-20-22(16)17;1-5(2,3)4/h4-9,11H,3H2,1-2H3;(H2,1,2,3,4). The summed E-state index contributed by atoms with van der Waals surface area (Å²) in [4.78, 5) is 17.7. The van der Waals surface area contributed by atoms with Crippen molar-refractivity contribution in [3.8, 4) is 17.3 Å². The van der Waals surface area contributed by atoms with Gasteiger partial charge in [-0.25, -0.2) is 9.50 Å². The second kappa shape index (κ2) is 8.57. The van der Waals surface area contributed by atoms with E-state index < -0.39 is 10.4 Å². The van der Waals surface area contributed by atoms with E-state index >= 15 is 0 Å². The fourth-order valence-electron chi connectivity index (χ4n) is 2.61. The predicted octanol–water partition coefficient (Wildman–Crippen LogP) is 1.99. The summed E-state index contributed by atoms with van der Waals surface area (Å²) in [5.74, 6) is -0.00428. The van der Waals surface area contributed by atoms with E-state index in [-0.39, 0.29) is 5.91 Å². The van der Waals surface area contributed by atoms with Crippen molar-refractivity contribution in [3.63, 3.8) is 0 Å². The van der Waals surface area contributed by atoms with Gasteiger partial charge in [0.2, 0.25) is 5.91 Å². The molecule has 0 bridgehead atoms. The quantitative estimate of drug-likeness (QED) is 0.631. The summed E-state index contributed by atoms with van der Waals surface area (Å²) in [5, 5.41) is 13.4. The average molecular weight is 403 g/mol. The molecule has 146 valence electrons.